The molecule has 2 heterocycles. The number of pyridine rings is 1. The van der Waals surface area contributed by atoms with Crippen molar-refractivity contribution in [2.75, 3.05) is 5.32 Å². The Labute approximate surface area is 177 Å². The molecule has 0 saturated carbocycles. The van der Waals surface area contributed by atoms with Crippen molar-refractivity contribution in [3.63, 3.8) is 0 Å². The Morgan fingerprint density at radius 2 is 1.90 bits per heavy atom. The van der Waals surface area contributed by atoms with Crippen LogP contribution in [0, 0.1) is 5.82 Å². The molecule has 4 rings (SSSR count). The first-order valence-electron chi connectivity index (χ1n) is 9.47. The number of carbonyl (C=O) groups excluding carboxylic acids is 1. The highest BCUT2D eigenvalue weighted by molar-refractivity contribution is 6.36. The molecule has 0 bridgehead atoms. The molecule has 0 saturated heterocycles. The fourth-order valence-electron chi connectivity index (χ4n) is 3.49. The Hall–Kier alpha value is -3.38. The van der Waals surface area contributed by atoms with E-state index in [1.807, 2.05) is 12.1 Å². The highest BCUT2D eigenvalue weighted by Crippen LogP contribution is 2.37. The minimum absolute atomic E-state index is 0.0278. The topological polar surface area (TPSA) is 67.2 Å². The van der Waals surface area contributed by atoms with Crippen LogP contribution in [0.1, 0.15) is 17.7 Å². The Morgan fingerprint density at radius 3 is 2.63 bits per heavy atom. The number of hydrogen-bond donors (Lipinski definition) is 2. The molecule has 5 nitrogen and oxygen atoms in total. The molecule has 0 spiro atoms. The minimum atomic E-state index is -0.324. The van der Waals surface area contributed by atoms with Gasteiger partial charge in [0.1, 0.15) is 11.6 Å². The molecular weight excluding hydrogens is 405 g/mol. The lowest BCUT2D eigenvalue weighted by Gasteiger charge is -2.11. The highest BCUT2D eigenvalue weighted by atomic mass is 35.5. The predicted molar refractivity (Wildman–Crippen MR) is 115 cm³/mol. The van der Waals surface area contributed by atoms with Gasteiger partial charge in [-0.3, -0.25) is 4.79 Å². The number of aromatic nitrogens is 2. The summed E-state index contributed by atoms with van der Waals surface area (Å²) in [5, 5.41) is 15.4. The van der Waals surface area contributed by atoms with Crippen LogP contribution in [0.4, 0.5) is 10.2 Å². The Kier molecular flexibility index (Phi) is 5.68. The van der Waals surface area contributed by atoms with Gasteiger partial charge in [0.2, 0.25) is 11.8 Å². The number of aryl methyl sites for hydroxylation is 1. The van der Waals surface area contributed by atoms with E-state index in [1.54, 1.807) is 47.2 Å². The maximum atomic E-state index is 13.3. The third-order valence-corrected chi connectivity index (χ3v) is 5.22. The lowest BCUT2D eigenvalue weighted by atomic mass is 10.1. The van der Waals surface area contributed by atoms with Gasteiger partial charge >= 0.3 is 0 Å². The minimum Gasteiger partial charge on any atom is -0.494 e. The molecule has 0 fully saturated rings. The zero-order valence-corrected chi connectivity index (χ0v) is 16.7. The maximum Gasteiger partial charge on any atom is 0.225 e. The zero-order chi connectivity index (χ0) is 21.1. The second kappa shape index (κ2) is 8.55. The summed E-state index contributed by atoms with van der Waals surface area (Å²) in [5.41, 5.74) is 1.60. The summed E-state index contributed by atoms with van der Waals surface area (Å²) in [6, 6.07) is 16.8. The number of aromatic hydroxyl groups is 1. The Balaban J connectivity index is 1.64. The molecule has 0 aliphatic heterocycles. The predicted octanol–water partition coefficient (Wildman–Crippen LogP) is 5.15. The first kappa shape index (κ1) is 19.9. The number of carbonyl (C=O) groups is 1. The summed E-state index contributed by atoms with van der Waals surface area (Å²) in [4.78, 5) is 16.5. The van der Waals surface area contributed by atoms with Gasteiger partial charge in [-0.25, -0.2) is 9.37 Å². The van der Waals surface area contributed by atoms with Crippen LogP contribution in [-0.4, -0.2) is 20.6 Å². The summed E-state index contributed by atoms with van der Waals surface area (Å²) in [7, 11) is 0. The van der Waals surface area contributed by atoms with E-state index in [2.05, 4.69) is 10.3 Å². The molecular formula is C23H19ClFN3O2. The number of benzene rings is 2. The average Bonchev–Trinajstić information content (AvgIpc) is 3.01. The third-order valence-electron chi connectivity index (χ3n) is 4.90. The van der Waals surface area contributed by atoms with Gasteiger partial charge in [0.25, 0.3) is 0 Å². The van der Waals surface area contributed by atoms with Crippen LogP contribution in [-0.2, 0) is 17.8 Å². The molecule has 30 heavy (non-hydrogen) atoms. The third kappa shape index (κ3) is 4.14. The Bertz CT molecular complexity index is 1190. The molecule has 2 aromatic carbocycles. The van der Waals surface area contributed by atoms with Gasteiger partial charge < -0.3 is 15.0 Å². The maximum absolute atomic E-state index is 13.3. The van der Waals surface area contributed by atoms with Gasteiger partial charge in [-0.1, -0.05) is 41.9 Å². The molecule has 0 unspecified atom stereocenters. The largest absolute Gasteiger partial charge is 0.494 e. The number of amides is 1. The smallest absolute Gasteiger partial charge is 0.225 e. The zero-order valence-electron chi connectivity index (χ0n) is 16.0. The van der Waals surface area contributed by atoms with Crippen molar-refractivity contribution in [3.8, 4) is 5.88 Å². The Morgan fingerprint density at radius 1 is 1.10 bits per heavy atom. The molecule has 0 aliphatic rings. The van der Waals surface area contributed by atoms with E-state index in [1.165, 1.54) is 12.1 Å². The molecule has 0 atom stereocenters. The van der Waals surface area contributed by atoms with Crippen LogP contribution in [0.15, 0.2) is 66.9 Å². The van der Waals surface area contributed by atoms with E-state index in [0.717, 1.165) is 16.6 Å². The van der Waals surface area contributed by atoms with Crippen LogP contribution in [0.3, 0.4) is 0 Å². The van der Waals surface area contributed by atoms with Crippen molar-refractivity contribution in [2.45, 2.75) is 19.4 Å². The van der Waals surface area contributed by atoms with Crippen molar-refractivity contribution in [3.05, 3.63) is 89.0 Å². The fourth-order valence-corrected chi connectivity index (χ4v) is 3.75. The summed E-state index contributed by atoms with van der Waals surface area (Å²) in [6.45, 7) is 0.328. The van der Waals surface area contributed by atoms with Gasteiger partial charge in [-0.2, -0.15) is 0 Å². The van der Waals surface area contributed by atoms with Gasteiger partial charge in [-0.05, 0) is 42.3 Å². The molecule has 7 heteroatoms. The second-order valence-electron chi connectivity index (χ2n) is 6.91. The van der Waals surface area contributed by atoms with E-state index in [9.17, 15) is 14.3 Å². The summed E-state index contributed by atoms with van der Waals surface area (Å²) < 4.78 is 15.0. The molecule has 0 radical (unpaired) electrons. The highest BCUT2D eigenvalue weighted by Gasteiger charge is 2.19. The number of anilines is 1. The van der Waals surface area contributed by atoms with Gasteiger partial charge in [0.15, 0.2) is 0 Å². The molecule has 2 N–H and O–H groups in total. The number of halogens is 2. The molecule has 1 amide bonds. The molecule has 0 aliphatic carbocycles. The second-order valence-corrected chi connectivity index (χ2v) is 7.32. The van der Waals surface area contributed by atoms with Gasteiger partial charge in [0, 0.05) is 23.7 Å². The van der Waals surface area contributed by atoms with Crippen molar-refractivity contribution >= 4 is 34.1 Å². The van der Waals surface area contributed by atoms with Gasteiger partial charge in [-0.15, -0.1) is 0 Å². The van der Waals surface area contributed by atoms with Crippen LogP contribution < -0.4 is 5.32 Å². The molecule has 4 aromatic rings. The monoisotopic (exact) mass is 423 g/mol. The van der Waals surface area contributed by atoms with Crippen LogP contribution in [0.5, 0.6) is 5.88 Å². The lowest BCUT2D eigenvalue weighted by molar-refractivity contribution is -0.116. The van der Waals surface area contributed by atoms with E-state index >= 15 is 0 Å². The number of nitrogens with zero attached hydrogens (tertiary/aromatic N) is 2. The van der Waals surface area contributed by atoms with Crippen molar-refractivity contribution in [1.29, 1.82) is 0 Å². The number of nitrogens with one attached hydrogen (secondary N) is 1. The summed E-state index contributed by atoms with van der Waals surface area (Å²) in [5.74, 6) is 0.00741. The first-order chi connectivity index (χ1) is 14.5. The molecule has 2 aromatic heterocycles. The fraction of sp³-hybridized carbons (Fsp3) is 0.130. The quantitative estimate of drug-likeness (QED) is 0.450. The van der Waals surface area contributed by atoms with Crippen LogP contribution in [0.25, 0.3) is 10.8 Å². The normalized spacial score (nSPS) is 11.0. The summed E-state index contributed by atoms with van der Waals surface area (Å²) >= 11 is 6.33. The van der Waals surface area contributed by atoms with Crippen LogP contribution >= 0.6 is 11.6 Å². The lowest BCUT2D eigenvalue weighted by Crippen LogP contribution is -2.14. The number of rotatable bonds is 6. The van der Waals surface area contributed by atoms with E-state index < -0.39 is 0 Å². The van der Waals surface area contributed by atoms with E-state index in [-0.39, 0.29) is 24.0 Å². The van der Waals surface area contributed by atoms with Crippen molar-refractivity contribution in [2.24, 2.45) is 0 Å². The number of hydrogen-bond acceptors (Lipinski definition) is 3. The van der Waals surface area contributed by atoms with E-state index in [4.69, 9.17) is 11.6 Å². The summed E-state index contributed by atoms with van der Waals surface area (Å²) in [6.07, 6.45) is 2.19. The van der Waals surface area contributed by atoms with Crippen molar-refractivity contribution in [1.82, 2.24) is 9.55 Å². The first-order valence-corrected chi connectivity index (χ1v) is 9.84. The average molecular weight is 424 g/mol. The van der Waals surface area contributed by atoms with E-state index in [0.29, 0.717) is 29.2 Å². The molecule has 152 valence electrons. The van der Waals surface area contributed by atoms with Crippen LogP contribution in [0.2, 0.25) is 5.02 Å². The number of fused-ring (bicyclic) bond motifs is 1. The standard InChI is InChI=1S/C23H19ClFN3O2/c24-18-5-3-4-17-19(11-12-21(29)27-20-6-1-2-13-26-20)28(23(30)22(17)18)14-15-7-9-16(25)10-8-15/h1-10,13,30H,11-12,14H2,(H,26,27,29). The van der Waals surface area contributed by atoms with Crippen molar-refractivity contribution < 1.29 is 14.3 Å². The SMILES string of the molecule is O=C(CCc1c2cccc(Cl)c2c(O)n1Cc1ccc(F)cc1)Nc1ccccn1. The van der Waals surface area contributed by atoms with Gasteiger partial charge in [0.05, 0.1) is 17.0 Å².